The summed E-state index contributed by atoms with van der Waals surface area (Å²) in [4.78, 5) is 61.8. The number of ether oxygens (including phenoxy) is 5. The standard InChI is InChI=1S/C35H59N5O11/c1-12-23-35(8)29(40(33(46)51-35)16-14-13-15-37-38-36)19(3)25(41)18(2)17-34(7,47-11)30(20(4)26(42)21(5)31(45)49-23)50-32-28(44)24(39(9)10)27(43)22(6)48-32/h18-24,27-30,32,43-44H,12-17H2,1-11H3/t18-,19+,20+,21-,22?,23?,24?,27?,28?,29-,30-,32?,34+,35-/m1/s1. The number of likely N-dealkylation sites (N-methyl/N-ethyl adjacent to an activating group) is 1. The van der Waals surface area contributed by atoms with Crippen LogP contribution in [0.2, 0.25) is 0 Å². The molecule has 14 atom stereocenters. The van der Waals surface area contributed by atoms with E-state index in [1.807, 2.05) is 0 Å². The number of Topliss-reactive ketones (excluding diaryl/α,β-unsaturated/α-hetero) is 2. The van der Waals surface area contributed by atoms with E-state index in [4.69, 9.17) is 29.2 Å². The molecule has 0 spiro atoms. The van der Waals surface area contributed by atoms with Crippen molar-refractivity contribution in [3.05, 3.63) is 10.4 Å². The van der Waals surface area contributed by atoms with Crippen LogP contribution >= 0.6 is 0 Å². The molecule has 2 N–H and O–H groups in total. The van der Waals surface area contributed by atoms with Crippen molar-refractivity contribution >= 4 is 23.6 Å². The predicted molar refractivity (Wildman–Crippen MR) is 184 cm³/mol. The fourth-order valence-corrected chi connectivity index (χ4v) is 8.30. The molecular formula is C35H59N5O11. The first-order valence-electron chi connectivity index (χ1n) is 18.0. The lowest BCUT2D eigenvalue weighted by molar-refractivity contribution is -0.313. The van der Waals surface area contributed by atoms with E-state index in [0.29, 0.717) is 12.8 Å². The van der Waals surface area contributed by atoms with Gasteiger partial charge in [-0.1, -0.05) is 32.8 Å². The second-order valence-electron chi connectivity index (χ2n) is 15.1. The summed E-state index contributed by atoms with van der Waals surface area (Å²) in [5.74, 6) is -5.36. The van der Waals surface area contributed by atoms with Gasteiger partial charge in [0.25, 0.3) is 0 Å². The molecule has 0 aromatic rings. The number of amides is 1. The van der Waals surface area contributed by atoms with Gasteiger partial charge in [0.2, 0.25) is 0 Å². The third kappa shape index (κ3) is 8.69. The minimum atomic E-state index is -1.44. The van der Waals surface area contributed by atoms with E-state index in [2.05, 4.69) is 10.0 Å². The Bertz CT molecular complexity index is 1310. The maximum Gasteiger partial charge on any atom is 0.410 e. The van der Waals surface area contributed by atoms with E-state index >= 15 is 0 Å². The largest absolute Gasteiger partial charge is 0.458 e. The number of carbonyl (C=O) groups is 4. The lowest BCUT2D eigenvalue weighted by atomic mass is 9.73. The molecule has 3 aliphatic rings. The topological polar surface area (TPSA) is 210 Å². The Labute approximate surface area is 301 Å². The van der Waals surface area contributed by atoms with Crippen molar-refractivity contribution < 1.29 is 53.1 Å². The van der Waals surface area contributed by atoms with E-state index < -0.39 is 102 Å². The first kappa shape index (κ1) is 42.6. The molecule has 290 valence electrons. The predicted octanol–water partition coefficient (Wildman–Crippen LogP) is 3.25. The summed E-state index contributed by atoms with van der Waals surface area (Å²) in [5, 5.41) is 25.7. The van der Waals surface area contributed by atoms with Crippen LogP contribution in [-0.4, -0.2) is 138 Å². The summed E-state index contributed by atoms with van der Waals surface area (Å²) in [7, 11) is 4.86. The highest BCUT2D eigenvalue weighted by Gasteiger charge is 2.60. The van der Waals surface area contributed by atoms with Crippen LogP contribution in [0.1, 0.15) is 81.1 Å². The first-order chi connectivity index (χ1) is 23.8. The number of hydrogen-bond acceptors (Lipinski definition) is 13. The van der Waals surface area contributed by atoms with E-state index in [1.165, 1.54) is 18.9 Å². The van der Waals surface area contributed by atoms with Crippen LogP contribution in [0.5, 0.6) is 0 Å². The number of esters is 1. The summed E-state index contributed by atoms with van der Waals surface area (Å²) in [6.07, 6.45) is -5.93. The van der Waals surface area contributed by atoms with Crippen molar-refractivity contribution in [2.75, 3.05) is 34.3 Å². The third-order valence-electron chi connectivity index (χ3n) is 11.3. The Morgan fingerprint density at radius 3 is 2.24 bits per heavy atom. The van der Waals surface area contributed by atoms with Crippen LogP contribution in [-0.2, 0) is 38.1 Å². The molecule has 0 radical (unpaired) electrons. The molecule has 0 aliphatic carbocycles. The van der Waals surface area contributed by atoms with Gasteiger partial charge in [-0.05, 0) is 73.0 Å². The molecular weight excluding hydrogens is 666 g/mol. The molecule has 3 rings (SSSR count). The van der Waals surface area contributed by atoms with Gasteiger partial charge in [-0.15, -0.1) is 0 Å². The molecule has 0 saturated carbocycles. The normalized spacial score (nSPS) is 41.4. The Kier molecular flexibility index (Phi) is 14.5. The van der Waals surface area contributed by atoms with Gasteiger partial charge in [0.15, 0.2) is 17.7 Å². The number of azide groups is 1. The number of hydrogen-bond donors (Lipinski definition) is 2. The second-order valence-corrected chi connectivity index (χ2v) is 15.1. The van der Waals surface area contributed by atoms with Crippen LogP contribution in [0, 0.1) is 23.7 Å². The third-order valence-corrected chi connectivity index (χ3v) is 11.3. The monoisotopic (exact) mass is 725 g/mol. The van der Waals surface area contributed by atoms with Gasteiger partial charge in [0, 0.05) is 42.9 Å². The van der Waals surface area contributed by atoms with E-state index in [0.717, 1.165) is 0 Å². The Morgan fingerprint density at radius 1 is 1.02 bits per heavy atom. The molecule has 0 aromatic carbocycles. The van der Waals surface area contributed by atoms with Crippen LogP contribution in [0.4, 0.5) is 4.79 Å². The van der Waals surface area contributed by atoms with Crippen LogP contribution < -0.4 is 0 Å². The zero-order valence-corrected chi connectivity index (χ0v) is 32.0. The SMILES string of the molecule is CCC1OC(=O)[C@H](C)C(=O)[C@H](C)[C@@H](OC2OC(C)C(O)C(N(C)C)C2O)[C@@](C)(OC)C[C@@H](C)C(=O)[C@H](C)[C@H]2N(CCCCN=[N+]=[N-])C(=O)O[C@]12C. The van der Waals surface area contributed by atoms with Gasteiger partial charge >= 0.3 is 12.1 Å². The van der Waals surface area contributed by atoms with Crippen molar-refractivity contribution in [2.24, 2.45) is 28.8 Å². The number of cyclic esters (lactones) is 1. The molecule has 3 aliphatic heterocycles. The molecule has 6 unspecified atom stereocenters. The highest BCUT2D eigenvalue weighted by molar-refractivity contribution is 6.00. The highest BCUT2D eigenvalue weighted by Crippen LogP contribution is 2.43. The van der Waals surface area contributed by atoms with Gasteiger partial charge in [0.05, 0.1) is 36.0 Å². The van der Waals surface area contributed by atoms with Crippen LogP contribution in [0.3, 0.4) is 0 Å². The number of carbonyl (C=O) groups excluding carboxylic acids is 4. The summed E-state index contributed by atoms with van der Waals surface area (Å²) in [5.41, 5.74) is 5.88. The van der Waals surface area contributed by atoms with Crippen LogP contribution in [0.25, 0.3) is 10.4 Å². The average molecular weight is 726 g/mol. The van der Waals surface area contributed by atoms with Gasteiger partial charge in [-0.25, -0.2) is 4.79 Å². The number of rotatable bonds is 10. The Morgan fingerprint density at radius 2 is 1.67 bits per heavy atom. The summed E-state index contributed by atoms with van der Waals surface area (Å²) in [6, 6.07) is -1.60. The van der Waals surface area contributed by atoms with Gasteiger partial charge in [-0.3, -0.25) is 14.4 Å². The fourth-order valence-electron chi connectivity index (χ4n) is 8.30. The molecule has 0 aromatic heterocycles. The molecule has 3 saturated heterocycles. The Balaban J connectivity index is 2.11. The molecule has 3 heterocycles. The average Bonchev–Trinajstić information content (AvgIpc) is 3.34. The molecule has 1 amide bonds. The lowest BCUT2D eigenvalue weighted by Crippen LogP contribution is -2.64. The summed E-state index contributed by atoms with van der Waals surface area (Å²) in [6.45, 7) is 13.7. The number of unbranched alkanes of at least 4 members (excludes halogenated alkanes) is 1. The Hall–Kier alpha value is -2.85. The smallest absolute Gasteiger partial charge is 0.410 e. The minimum Gasteiger partial charge on any atom is -0.458 e. The number of nitrogens with zero attached hydrogens (tertiary/aromatic N) is 5. The lowest BCUT2D eigenvalue weighted by Gasteiger charge is -2.48. The number of fused-ring (bicyclic) bond motifs is 1. The number of aliphatic hydroxyl groups excluding tert-OH is 2. The summed E-state index contributed by atoms with van der Waals surface area (Å²) >= 11 is 0. The molecule has 51 heavy (non-hydrogen) atoms. The maximum absolute atomic E-state index is 14.5. The van der Waals surface area contributed by atoms with Crippen molar-refractivity contribution in [2.45, 2.75) is 141 Å². The van der Waals surface area contributed by atoms with Crippen molar-refractivity contribution in [3.63, 3.8) is 0 Å². The molecule has 0 bridgehead atoms. The van der Waals surface area contributed by atoms with Crippen molar-refractivity contribution in [3.8, 4) is 0 Å². The van der Waals surface area contributed by atoms with E-state index in [9.17, 15) is 29.4 Å². The first-order valence-corrected chi connectivity index (χ1v) is 18.0. The highest BCUT2D eigenvalue weighted by atomic mass is 16.7. The van der Waals surface area contributed by atoms with Gasteiger partial charge in [-0.2, -0.15) is 0 Å². The fraction of sp³-hybridized carbons (Fsp3) is 0.886. The zero-order chi connectivity index (χ0) is 38.6. The molecule has 16 nitrogen and oxygen atoms in total. The quantitative estimate of drug-likeness (QED) is 0.0831. The van der Waals surface area contributed by atoms with E-state index in [1.54, 1.807) is 67.5 Å². The summed E-state index contributed by atoms with van der Waals surface area (Å²) < 4.78 is 30.5. The van der Waals surface area contributed by atoms with Gasteiger partial charge < -0.3 is 43.7 Å². The number of ketones is 2. The second kappa shape index (κ2) is 17.3. The van der Waals surface area contributed by atoms with Crippen molar-refractivity contribution in [1.82, 2.24) is 9.80 Å². The molecule has 3 fully saturated rings. The molecule has 16 heteroatoms. The van der Waals surface area contributed by atoms with Gasteiger partial charge in [0.1, 0.15) is 23.9 Å². The zero-order valence-electron chi connectivity index (χ0n) is 32.0. The number of aliphatic hydroxyl groups is 2. The van der Waals surface area contributed by atoms with E-state index in [-0.39, 0.29) is 31.7 Å². The number of methoxy groups -OCH3 is 1. The minimum absolute atomic E-state index is 0.0630. The maximum atomic E-state index is 14.5. The van der Waals surface area contributed by atoms with Crippen LogP contribution in [0.15, 0.2) is 5.11 Å². The van der Waals surface area contributed by atoms with Crippen molar-refractivity contribution in [1.29, 1.82) is 0 Å².